The molecule has 2 saturated heterocycles. The van der Waals surface area contributed by atoms with Crippen LogP contribution in [-0.2, 0) is 19.2 Å². The van der Waals surface area contributed by atoms with E-state index in [0.717, 1.165) is 52.4 Å². The van der Waals surface area contributed by atoms with Crippen molar-refractivity contribution >= 4 is 23.9 Å². The van der Waals surface area contributed by atoms with E-state index in [4.69, 9.17) is 20.4 Å². The minimum Gasteiger partial charge on any atom is -0.480 e. The topological polar surface area (TPSA) is 210 Å². The lowest BCUT2D eigenvalue weighted by Crippen LogP contribution is -2.44. The number of carboxylic acids is 4. The minimum atomic E-state index is -0.979. The Kier molecular flexibility index (Phi) is 21.5. The average Bonchev–Trinajstić information content (AvgIpc) is 2.89. The molecular formula is C26H52N8O8. The van der Waals surface area contributed by atoms with Gasteiger partial charge < -0.3 is 41.7 Å². The summed E-state index contributed by atoms with van der Waals surface area (Å²) in [4.78, 5) is 51.5. The van der Waals surface area contributed by atoms with Crippen LogP contribution < -0.4 is 21.3 Å². The first-order valence-corrected chi connectivity index (χ1v) is 14.7. The van der Waals surface area contributed by atoms with Gasteiger partial charge in [0.1, 0.15) is 0 Å². The molecule has 0 saturated carbocycles. The fourth-order valence-electron chi connectivity index (χ4n) is 4.65. The number of hydrogen-bond donors (Lipinski definition) is 8. The molecule has 0 aromatic carbocycles. The third kappa shape index (κ3) is 22.2. The fourth-order valence-corrected chi connectivity index (χ4v) is 4.65. The molecule has 2 aliphatic rings. The van der Waals surface area contributed by atoms with Crippen molar-refractivity contribution in [3.63, 3.8) is 0 Å². The molecule has 16 nitrogen and oxygen atoms in total. The van der Waals surface area contributed by atoms with Gasteiger partial charge in [0.25, 0.3) is 0 Å². The van der Waals surface area contributed by atoms with E-state index in [1.807, 2.05) is 0 Å². The first-order chi connectivity index (χ1) is 20.2. The standard InChI is InChI=1S/C18H32N4O8.C8H20N4/c23-15(24)11-19-3-1-4-20(12-16(25)26)8-10-22(14-18(29)30)6-2-5-21(9-7-19)13-17(27)28;1-2-10-5-6-12-8-7-11-4-3-9-1/h1-14H2,(H,23,24)(H,25,26)(H,27,28)(H,29,30);9-12H,1-8H2. The van der Waals surface area contributed by atoms with Crippen LogP contribution >= 0.6 is 0 Å². The maximum Gasteiger partial charge on any atom is 0.317 e. The SMILES string of the molecule is C1CNCCNCCNCCN1.O=C(O)CN1CCCN(CC(=O)O)CCN(CC(=O)O)CCCN(CC(=O)O)CC1. The van der Waals surface area contributed by atoms with E-state index < -0.39 is 23.9 Å². The highest BCUT2D eigenvalue weighted by molar-refractivity contribution is 5.70. The highest BCUT2D eigenvalue weighted by atomic mass is 16.4. The van der Waals surface area contributed by atoms with E-state index in [9.17, 15) is 19.2 Å². The molecule has 2 fully saturated rings. The van der Waals surface area contributed by atoms with Crippen molar-refractivity contribution in [2.75, 3.05) is 131 Å². The van der Waals surface area contributed by atoms with Crippen LogP contribution in [0.4, 0.5) is 0 Å². The van der Waals surface area contributed by atoms with Crippen molar-refractivity contribution < 1.29 is 39.6 Å². The Morgan fingerprint density at radius 2 is 0.571 bits per heavy atom. The normalized spacial score (nSPS) is 21.0. The summed E-state index contributed by atoms with van der Waals surface area (Å²) >= 11 is 0. The quantitative estimate of drug-likeness (QED) is 0.136. The second-order valence-corrected chi connectivity index (χ2v) is 10.4. The minimum absolute atomic E-state index is 0.174. The van der Waals surface area contributed by atoms with E-state index >= 15 is 0 Å². The highest BCUT2D eigenvalue weighted by Gasteiger charge is 2.19. The molecule has 0 aromatic rings. The van der Waals surface area contributed by atoms with E-state index in [0.29, 0.717) is 65.2 Å². The number of rotatable bonds is 8. The summed E-state index contributed by atoms with van der Waals surface area (Å²) in [6.45, 7) is 11.1. The van der Waals surface area contributed by atoms with E-state index in [2.05, 4.69) is 21.3 Å². The smallest absolute Gasteiger partial charge is 0.317 e. The van der Waals surface area contributed by atoms with Crippen molar-refractivity contribution in [1.82, 2.24) is 40.9 Å². The van der Waals surface area contributed by atoms with Crippen molar-refractivity contribution in [3.8, 4) is 0 Å². The molecule has 0 radical (unpaired) electrons. The second-order valence-electron chi connectivity index (χ2n) is 10.4. The number of hydrogen-bond acceptors (Lipinski definition) is 12. The lowest BCUT2D eigenvalue weighted by Gasteiger charge is -2.30. The Morgan fingerprint density at radius 3 is 0.738 bits per heavy atom. The molecule has 0 unspecified atom stereocenters. The molecule has 0 bridgehead atoms. The van der Waals surface area contributed by atoms with E-state index in [1.54, 1.807) is 19.6 Å². The Balaban J connectivity index is 0.000000609. The average molecular weight is 605 g/mol. The molecule has 0 aliphatic carbocycles. The molecule has 2 heterocycles. The zero-order chi connectivity index (χ0) is 31.0. The Morgan fingerprint density at radius 1 is 0.381 bits per heavy atom. The molecule has 2 aliphatic heterocycles. The highest BCUT2D eigenvalue weighted by Crippen LogP contribution is 2.03. The number of nitrogens with one attached hydrogen (secondary N) is 4. The van der Waals surface area contributed by atoms with Gasteiger partial charge in [-0.3, -0.25) is 38.8 Å². The van der Waals surface area contributed by atoms with Gasteiger partial charge in [0, 0.05) is 105 Å². The van der Waals surface area contributed by atoms with Crippen molar-refractivity contribution in [1.29, 1.82) is 0 Å². The van der Waals surface area contributed by atoms with Crippen LogP contribution in [0.25, 0.3) is 0 Å². The van der Waals surface area contributed by atoms with Gasteiger partial charge in [-0.05, 0) is 12.8 Å². The summed E-state index contributed by atoms with van der Waals surface area (Å²) in [5.74, 6) is -3.92. The van der Waals surface area contributed by atoms with Crippen molar-refractivity contribution in [3.05, 3.63) is 0 Å². The molecular weight excluding hydrogens is 552 g/mol. The van der Waals surface area contributed by atoms with Gasteiger partial charge in [0.2, 0.25) is 0 Å². The molecule has 0 aromatic heterocycles. The van der Waals surface area contributed by atoms with Gasteiger partial charge in [-0.25, -0.2) is 0 Å². The monoisotopic (exact) mass is 604 g/mol. The van der Waals surface area contributed by atoms with E-state index in [-0.39, 0.29) is 26.2 Å². The number of carboxylic acid groups (broad SMARTS) is 4. The Labute approximate surface area is 248 Å². The van der Waals surface area contributed by atoms with Crippen molar-refractivity contribution in [2.24, 2.45) is 0 Å². The van der Waals surface area contributed by atoms with E-state index in [1.165, 1.54) is 0 Å². The van der Waals surface area contributed by atoms with Crippen LogP contribution in [0.2, 0.25) is 0 Å². The van der Waals surface area contributed by atoms with Gasteiger partial charge >= 0.3 is 23.9 Å². The van der Waals surface area contributed by atoms with Crippen LogP contribution in [0.5, 0.6) is 0 Å². The van der Waals surface area contributed by atoms with Gasteiger partial charge in [0.05, 0.1) is 26.2 Å². The second kappa shape index (κ2) is 24.0. The third-order valence-corrected chi connectivity index (χ3v) is 6.71. The summed E-state index contributed by atoms with van der Waals surface area (Å²) in [5.41, 5.74) is 0. The summed E-state index contributed by atoms with van der Waals surface area (Å²) in [6, 6.07) is 0. The molecule has 42 heavy (non-hydrogen) atoms. The molecule has 2 rings (SSSR count). The summed E-state index contributed by atoms with van der Waals surface area (Å²) < 4.78 is 0. The van der Waals surface area contributed by atoms with Crippen LogP contribution in [-0.4, -0.2) is 195 Å². The van der Waals surface area contributed by atoms with Crippen molar-refractivity contribution in [2.45, 2.75) is 12.8 Å². The summed E-state index contributed by atoms with van der Waals surface area (Å²) in [6.07, 6.45) is 1.08. The van der Waals surface area contributed by atoms with Crippen LogP contribution in [0.3, 0.4) is 0 Å². The molecule has 8 N–H and O–H groups in total. The zero-order valence-electron chi connectivity index (χ0n) is 24.8. The van der Waals surface area contributed by atoms with Crippen LogP contribution in [0, 0.1) is 0 Å². The maximum atomic E-state index is 11.1. The van der Waals surface area contributed by atoms with Gasteiger partial charge in [-0.15, -0.1) is 0 Å². The molecule has 0 atom stereocenters. The number of carbonyl (C=O) groups is 4. The van der Waals surface area contributed by atoms with Gasteiger partial charge in [-0.2, -0.15) is 0 Å². The van der Waals surface area contributed by atoms with Crippen LogP contribution in [0.15, 0.2) is 0 Å². The number of nitrogens with zero attached hydrogens (tertiary/aromatic N) is 4. The summed E-state index contributed by atoms with van der Waals surface area (Å²) in [7, 11) is 0. The molecule has 0 amide bonds. The predicted octanol–water partition coefficient (Wildman–Crippen LogP) is -3.32. The predicted molar refractivity (Wildman–Crippen MR) is 157 cm³/mol. The van der Waals surface area contributed by atoms with Crippen LogP contribution in [0.1, 0.15) is 12.8 Å². The van der Waals surface area contributed by atoms with Gasteiger partial charge in [0.15, 0.2) is 0 Å². The largest absolute Gasteiger partial charge is 0.480 e. The first-order valence-electron chi connectivity index (χ1n) is 14.7. The zero-order valence-corrected chi connectivity index (χ0v) is 24.8. The first kappa shape index (κ1) is 37.6. The molecule has 16 heteroatoms. The number of aliphatic carboxylic acids is 4. The lowest BCUT2D eigenvalue weighted by molar-refractivity contribution is -0.140. The Hall–Kier alpha value is -2.44. The lowest BCUT2D eigenvalue weighted by atomic mass is 10.2. The Bertz CT molecular complexity index is 638. The third-order valence-electron chi connectivity index (χ3n) is 6.71. The fraction of sp³-hybridized carbons (Fsp3) is 0.846. The summed E-state index contributed by atoms with van der Waals surface area (Å²) in [5, 5.41) is 49.9. The molecule has 0 spiro atoms. The maximum absolute atomic E-state index is 11.1. The molecule has 244 valence electrons. The van der Waals surface area contributed by atoms with Gasteiger partial charge in [-0.1, -0.05) is 0 Å².